The van der Waals surface area contributed by atoms with Crippen LogP contribution in [0.4, 0.5) is 5.69 Å². The maximum Gasteiger partial charge on any atom is 0.224 e. The number of pyridine rings is 1. The highest BCUT2D eigenvalue weighted by molar-refractivity contribution is 5.95. The number of carbonyl (C=O) groups excluding carboxylic acids is 2. The molecule has 0 bridgehead atoms. The molecule has 6 nitrogen and oxygen atoms in total. The molecule has 1 fully saturated rings. The van der Waals surface area contributed by atoms with E-state index in [9.17, 15) is 14.4 Å². The van der Waals surface area contributed by atoms with Crippen LogP contribution in [0.3, 0.4) is 0 Å². The summed E-state index contributed by atoms with van der Waals surface area (Å²) >= 11 is 0. The molecule has 0 radical (unpaired) electrons. The van der Waals surface area contributed by atoms with Gasteiger partial charge in [-0.25, -0.2) is 0 Å². The third-order valence-corrected chi connectivity index (χ3v) is 6.75. The molecular formula is C28H33N3O3. The van der Waals surface area contributed by atoms with Gasteiger partial charge in [0, 0.05) is 54.8 Å². The highest BCUT2D eigenvalue weighted by Gasteiger charge is 2.23. The number of carbonyl (C=O) groups is 2. The van der Waals surface area contributed by atoms with Gasteiger partial charge in [0.05, 0.1) is 5.52 Å². The summed E-state index contributed by atoms with van der Waals surface area (Å²) in [5, 5.41) is 3.43. The van der Waals surface area contributed by atoms with E-state index in [2.05, 4.69) is 48.0 Å². The van der Waals surface area contributed by atoms with Crippen molar-refractivity contribution in [1.82, 2.24) is 9.47 Å². The first-order chi connectivity index (χ1) is 16.3. The van der Waals surface area contributed by atoms with Crippen LogP contribution in [0.25, 0.3) is 10.9 Å². The zero-order valence-corrected chi connectivity index (χ0v) is 20.3. The Hall–Kier alpha value is -3.41. The van der Waals surface area contributed by atoms with Crippen LogP contribution in [0, 0.1) is 13.8 Å². The van der Waals surface area contributed by atoms with Crippen molar-refractivity contribution in [3.63, 3.8) is 0 Å². The Morgan fingerprint density at radius 2 is 1.76 bits per heavy atom. The van der Waals surface area contributed by atoms with Crippen molar-refractivity contribution in [2.75, 3.05) is 11.9 Å². The number of nitrogens with one attached hydrogen (secondary N) is 1. The maximum atomic E-state index is 12.7. The predicted molar refractivity (Wildman–Crippen MR) is 136 cm³/mol. The predicted octanol–water partition coefficient (Wildman–Crippen LogP) is 4.79. The fourth-order valence-corrected chi connectivity index (χ4v) is 4.72. The molecule has 1 aliphatic heterocycles. The lowest BCUT2D eigenvalue weighted by molar-refractivity contribution is -0.135. The highest BCUT2D eigenvalue weighted by Crippen LogP contribution is 2.21. The van der Waals surface area contributed by atoms with Crippen molar-refractivity contribution in [3.8, 4) is 0 Å². The quantitative estimate of drug-likeness (QED) is 0.576. The largest absolute Gasteiger partial charge is 0.340 e. The molecule has 6 heteroatoms. The van der Waals surface area contributed by atoms with Gasteiger partial charge in [0.2, 0.25) is 11.8 Å². The molecule has 0 spiro atoms. The summed E-state index contributed by atoms with van der Waals surface area (Å²) in [5.74, 6) is -0.181. The zero-order valence-electron chi connectivity index (χ0n) is 20.3. The molecule has 1 atom stereocenters. The molecule has 2 heterocycles. The van der Waals surface area contributed by atoms with Gasteiger partial charge in [0.25, 0.3) is 0 Å². The fourth-order valence-electron chi connectivity index (χ4n) is 4.72. The average Bonchev–Trinajstić information content (AvgIpc) is 2.82. The monoisotopic (exact) mass is 459 g/mol. The first-order valence-corrected chi connectivity index (χ1v) is 12.1. The van der Waals surface area contributed by atoms with Crippen LogP contribution in [0.2, 0.25) is 0 Å². The second-order valence-electron chi connectivity index (χ2n) is 9.43. The molecule has 2 aromatic carbocycles. The number of aryl methyl sites for hydroxylation is 2. The Labute approximate surface area is 200 Å². The lowest BCUT2D eigenvalue weighted by atomic mass is 10.0. The second-order valence-corrected chi connectivity index (χ2v) is 9.43. The lowest BCUT2D eigenvalue weighted by Gasteiger charge is -2.33. The van der Waals surface area contributed by atoms with Gasteiger partial charge in [-0.1, -0.05) is 29.8 Å². The topological polar surface area (TPSA) is 71.4 Å². The summed E-state index contributed by atoms with van der Waals surface area (Å²) in [5.41, 5.74) is 4.58. The van der Waals surface area contributed by atoms with Crippen molar-refractivity contribution in [1.29, 1.82) is 0 Å². The summed E-state index contributed by atoms with van der Waals surface area (Å²) in [4.78, 5) is 39.7. The van der Waals surface area contributed by atoms with Gasteiger partial charge in [0.1, 0.15) is 0 Å². The van der Waals surface area contributed by atoms with Crippen molar-refractivity contribution < 1.29 is 9.59 Å². The van der Waals surface area contributed by atoms with Crippen LogP contribution in [0.5, 0.6) is 0 Å². The van der Waals surface area contributed by atoms with Crippen molar-refractivity contribution >= 4 is 28.4 Å². The normalized spacial score (nSPS) is 16.0. The summed E-state index contributed by atoms with van der Waals surface area (Å²) in [6.07, 6.45) is 3.54. The number of likely N-dealkylation sites (tertiary alicyclic amines) is 1. The smallest absolute Gasteiger partial charge is 0.224 e. The van der Waals surface area contributed by atoms with Crippen molar-refractivity contribution in [2.45, 2.75) is 65.5 Å². The lowest BCUT2D eigenvalue weighted by Crippen LogP contribution is -2.42. The number of anilines is 1. The standard InChI is InChI=1S/C28H33N3O3/c1-19-7-9-22(10-8-19)18-31-21(3)16-26(32)24-17-23(11-12-25(24)31)29-27(33)13-14-28(34)30-15-5-4-6-20(30)2/h7-12,16-17,20H,4-6,13-15,18H2,1-3H3,(H,29,33). The van der Waals surface area contributed by atoms with Crippen molar-refractivity contribution in [3.05, 3.63) is 75.6 Å². The Bertz CT molecular complexity index is 1260. The van der Waals surface area contributed by atoms with E-state index >= 15 is 0 Å². The number of hydrogen-bond acceptors (Lipinski definition) is 3. The average molecular weight is 460 g/mol. The Morgan fingerprint density at radius 1 is 1.00 bits per heavy atom. The minimum Gasteiger partial charge on any atom is -0.340 e. The van der Waals surface area contributed by atoms with Gasteiger partial charge in [-0.05, 0) is 63.8 Å². The Kier molecular flexibility index (Phi) is 7.15. The molecule has 178 valence electrons. The third-order valence-electron chi connectivity index (χ3n) is 6.75. The van der Waals surface area contributed by atoms with Gasteiger partial charge in [-0.2, -0.15) is 0 Å². The fraction of sp³-hybridized carbons (Fsp3) is 0.393. The van der Waals surface area contributed by atoms with Gasteiger partial charge >= 0.3 is 0 Å². The molecular weight excluding hydrogens is 426 g/mol. The highest BCUT2D eigenvalue weighted by atomic mass is 16.2. The SMILES string of the molecule is Cc1ccc(Cn2c(C)cc(=O)c3cc(NC(=O)CCC(=O)N4CCCCC4C)ccc32)cc1. The summed E-state index contributed by atoms with van der Waals surface area (Å²) in [6, 6.07) is 15.7. The number of aromatic nitrogens is 1. The van der Waals surface area contributed by atoms with Gasteiger partial charge in [-0.3, -0.25) is 14.4 Å². The van der Waals surface area contributed by atoms with Crippen LogP contribution < -0.4 is 10.7 Å². The van der Waals surface area contributed by atoms with Crippen LogP contribution in [0.1, 0.15) is 55.8 Å². The number of benzene rings is 2. The molecule has 1 unspecified atom stereocenters. The Balaban J connectivity index is 1.47. The third kappa shape index (κ3) is 5.38. The number of hydrogen-bond donors (Lipinski definition) is 1. The molecule has 4 rings (SSSR count). The molecule has 1 N–H and O–H groups in total. The van der Waals surface area contributed by atoms with E-state index in [-0.39, 0.29) is 36.1 Å². The van der Waals surface area contributed by atoms with Crippen LogP contribution in [-0.2, 0) is 16.1 Å². The van der Waals surface area contributed by atoms with E-state index in [1.54, 1.807) is 12.1 Å². The number of rotatable bonds is 6. The molecule has 2 amide bonds. The number of fused-ring (bicyclic) bond motifs is 1. The van der Waals surface area contributed by atoms with Gasteiger partial charge < -0.3 is 14.8 Å². The first kappa shape index (κ1) is 23.7. The number of piperidine rings is 1. The second kappa shape index (κ2) is 10.2. The Morgan fingerprint density at radius 3 is 2.50 bits per heavy atom. The van der Waals surface area contributed by atoms with E-state index in [1.807, 2.05) is 24.0 Å². The van der Waals surface area contributed by atoms with Gasteiger partial charge in [0.15, 0.2) is 5.43 Å². The molecule has 3 aromatic rings. The zero-order chi connectivity index (χ0) is 24.2. The van der Waals surface area contributed by atoms with Crippen LogP contribution in [0.15, 0.2) is 53.3 Å². The minimum atomic E-state index is -0.218. The molecule has 1 aromatic heterocycles. The molecule has 34 heavy (non-hydrogen) atoms. The van der Waals surface area contributed by atoms with Crippen molar-refractivity contribution in [2.24, 2.45) is 0 Å². The summed E-state index contributed by atoms with van der Waals surface area (Å²) in [7, 11) is 0. The molecule has 0 saturated carbocycles. The minimum absolute atomic E-state index is 0.0373. The number of nitrogens with zero attached hydrogens (tertiary/aromatic N) is 2. The first-order valence-electron chi connectivity index (χ1n) is 12.1. The van der Waals surface area contributed by atoms with E-state index in [4.69, 9.17) is 0 Å². The van der Waals surface area contributed by atoms with E-state index < -0.39 is 0 Å². The van der Waals surface area contributed by atoms with Gasteiger partial charge in [-0.15, -0.1) is 0 Å². The van der Waals surface area contributed by atoms with E-state index in [1.165, 1.54) is 5.56 Å². The molecule has 1 saturated heterocycles. The molecule has 1 aliphatic rings. The van der Waals surface area contributed by atoms with Crippen LogP contribution in [-0.4, -0.2) is 33.9 Å². The summed E-state index contributed by atoms with van der Waals surface area (Å²) < 4.78 is 2.12. The van der Waals surface area contributed by atoms with E-state index in [0.717, 1.165) is 42.6 Å². The maximum absolute atomic E-state index is 12.7. The summed E-state index contributed by atoms with van der Waals surface area (Å²) in [6.45, 7) is 7.50. The van der Waals surface area contributed by atoms with E-state index in [0.29, 0.717) is 17.6 Å². The molecule has 0 aliphatic carbocycles. The van der Waals surface area contributed by atoms with Crippen LogP contribution >= 0.6 is 0 Å². The number of amides is 2.